The maximum absolute atomic E-state index is 12.9. The molecule has 3 heterocycles. The number of pyridine rings is 1. The zero-order valence-corrected chi connectivity index (χ0v) is 14.8. The Bertz CT molecular complexity index is 1020. The van der Waals surface area contributed by atoms with E-state index in [9.17, 15) is 18.0 Å². The van der Waals surface area contributed by atoms with Gasteiger partial charge in [0.1, 0.15) is 5.52 Å². The van der Waals surface area contributed by atoms with Crippen molar-refractivity contribution in [1.29, 1.82) is 0 Å². The molecule has 1 saturated heterocycles. The van der Waals surface area contributed by atoms with Gasteiger partial charge in [-0.2, -0.15) is 13.2 Å². The average molecular weight is 393 g/mol. The molecule has 4 rings (SSSR count). The summed E-state index contributed by atoms with van der Waals surface area (Å²) in [7, 11) is 0. The first kappa shape index (κ1) is 18.4. The van der Waals surface area contributed by atoms with Gasteiger partial charge in [-0.3, -0.25) is 9.88 Å². The first-order valence-electron chi connectivity index (χ1n) is 8.74. The largest absolute Gasteiger partial charge is 0.416 e. The summed E-state index contributed by atoms with van der Waals surface area (Å²) in [5.41, 5.74) is 0.703. The molecular formula is C18H18F3N5O2. The smallest absolute Gasteiger partial charge is 0.393 e. The van der Waals surface area contributed by atoms with Gasteiger partial charge in [0, 0.05) is 38.1 Å². The van der Waals surface area contributed by atoms with Crippen molar-refractivity contribution in [1.82, 2.24) is 19.6 Å². The highest BCUT2D eigenvalue weighted by molar-refractivity contribution is 5.73. The number of piperazine rings is 1. The molecule has 1 aliphatic heterocycles. The van der Waals surface area contributed by atoms with Gasteiger partial charge in [-0.15, -0.1) is 4.73 Å². The van der Waals surface area contributed by atoms with E-state index in [2.05, 4.69) is 9.97 Å². The summed E-state index contributed by atoms with van der Waals surface area (Å²) in [6, 6.07) is 7.03. The molecule has 3 aromatic rings. The van der Waals surface area contributed by atoms with Crippen molar-refractivity contribution in [3.05, 3.63) is 58.8 Å². The number of rotatable bonds is 4. The summed E-state index contributed by atoms with van der Waals surface area (Å²) in [4.78, 5) is 28.2. The quantitative estimate of drug-likeness (QED) is 0.734. The number of imidazole rings is 1. The Morgan fingerprint density at radius 2 is 1.93 bits per heavy atom. The molecule has 0 spiro atoms. The van der Waals surface area contributed by atoms with Crippen molar-refractivity contribution in [2.45, 2.75) is 6.18 Å². The van der Waals surface area contributed by atoms with Crippen LogP contribution in [0.25, 0.3) is 11.0 Å². The second-order valence-electron chi connectivity index (χ2n) is 6.53. The van der Waals surface area contributed by atoms with Crippen LogP contribution in [0.1, 0.15) is 5.56 Å². The molecule has 0 atom stereocenters. The minimum Gasteiger partial charge on any atom is -0.393 e. The molecule has 10 heteroatoms. The fraction of sp³-hybridized carbons (Fsp3) is 0.333. The normalized spacial score (nSPS) is 15.9. The molecule has 0 unspecified atom stereocenters. The average Bonchev–Trinajstić information content (AvgIpc) is 3.01. The molecule has 0 aliphatic carbocycles. The highest BCUT2D eigenvalue weighted by Gasteiger charge is 2.31. The molecule has 1 aliphatic rings. The van der Waals surface area contributed by atoms with E-state index in [-0.39, 0.29) is 12.4 Å². The summed E-state index contributed by atoms with van der Waals surface area (Å²) >= 11 is 0. The molecular weight excluding hydrogens is 375 g/mol. The summed E-state index contributed by atoms with van der Waals surface area (Å²) < 4.78 is 39.9. The lowest BCUT2D eigenvalue weighted by Gasteiger charge is -2.35. The molecule has 1 fully saturated rings. The van der Waals surface area contributed by atoms with Crippen molar-refractivity contribution in [3.8, 4) is 0 Å². The zero-order valence-electron chi connectivity index (χ0n) is 14.8. The van der Waals surface area contributed by atoms with E-state index in [1.54, 1.807) is 24.5 Å². The van der Waals surface area contributed by atoms with Crippen molar-refractivity contribution < 1.29 is 18.0 Å². The van der Waals surface area contributed by atoms with Crippen LogP contribution in [0.5, 0.6) is 0 Å². The van der Waals surface area contributed by atoms with Gasteiger partial charge in [-0.1, -0.05) is 6.07 Å². The van der Waals surface area contributed by atoms with Crippen LogP contribution < -0.4 is 15.4 Å². The lowest BCUT2D eigenvalue weighted by atomic mass is 10.1. The number of hydrogen-bond donors (Lipinski definition) is 1. The third-order valence-electron chi connectivity index (χ3n) is 4.72. The minimum absolute atomic E-state index is 0.200. The summed E-state index contributed by atoms with van der Waals surface area (Å²) in [5.74, 6) is 0. The monoisotopic (exact) mass is 393 g/mol. The Morgan fingerprint density at radius 1 is 1.14 bits per heavy atom. The molecule has 2 aromatic heterocycles. The van der Waals surface area contributed by atoms with Gasteiger partial charge < -0.3 is 14.7 Å². The van der Waals surface area contributed by atoms with Crippen LogP contribution in [0.15, 0.2) is 47.5 Å². The maximum atomic E-state index is 12.9. The molecule has 0 bridgehead atoms. The highest BCUT2D eigenvalue weighted by atomic mass is 19.4. The lowest BCUT2D eigenvalue weighted by Crippen LogP contribution is -2.48. The molecule has 7 nitrogen and oxygen atoms in total. The van der Waals surface area contributed by atoms with Crippen molar-refractivity contribution in [2.75, 3.05) is 37.8 Å². The Hall–Kier alpha value is -3.01. The van der Waals surface area contributed by atoms with E-state index >= 15 is 0 Å². The Balaban J connectivity index is 1.37. The maximum Gasteiger partial charge on any atom is 0.416 e. The van der Waals surface area contributed by atoms with Gasteiger partial charge in [0.05, 0.1) is 17.3 Å². The van der Waals surface area contributed by atoms with Crippen molar-refractivity contribution in [3.63, 3.8) is 0 Å². The van der Waals surface area contributed by atoms with E-state index in [1.807, 2.05) is 9.80 Å². The van der Waals surface area contributed by atoms with Crippen LogP contribution in [0, 0.1) is 0 Å². The number of halogens is 3. The molecule has 0 saturated carbocycles. The third-order valence-corrected chi connectivity index (χ3v) is 4.72. The number of alkyl halides is 3. The van der Waals surface area contributed by atoms with Crippen molar-refractivity contribution in [2.24, 2.45) is 0 Å². The number of aromatic amines is 1. The standard InChI is InChI=1S/C18H18F3N5O2/c19-18(20,21)13-2-1-3-14(10-13)25-8-6-24(7-9-25)12-28-26-16-4-5-22-11-15(16)23-17(26)27/h1-5,10-11H,6-9,12H2,(H,23,27). The van der Waals surface area contributed by atoms with Crippen LogP contribution in [0.2, 0.25) is 0 Å². The Labute approximate surface area is 157 Å². The predicted octanol–water partition coefficient (Wildman–Crippen LogP) is 1.95. The fourth-order valence-electron chi connectivity index (χ4n) is 3.22. The number of nitrogens with zero attached hydrogens (tertiary/aromatic N) is 4. The van der Waals surface area contributed by atoms with Crippen LogP contribution in [0.3, 0.4) is 0 Å². The number of fused-ring (bicyclic) bond motifs is 1. The third kappa shape index (κ3) is 3.68. The minimum atomic E-state index is -4.35. The van der Waals surface area contributed by atoms with Gasteiger partial charge in [0.15, 0.2) is 6.73 Å². The van der Waals surface area contributed by atoms with Crippen molar-refractivity contribution >= 4 is 16.7 Å². The van der Waals surface area contributed by atoms with Gasteiger partial charge in [0.2, 0.25) is 0 Å². The number of benzene rings is 1. The van der Waals surface area contributed by atoms with E-state index in [0.29, 0.717) is 42.9 Å². The molecule has 0 amide bonds. The summed E-state index contributed by atoms with van der Waals surface area (Å²) in [5, 5.41) is 0. The fourth-order valence-corrected chi connectivity index (χ4v) is 3.22. The van der Waals surface area contributed by atoms with Gasteiger partial charge in [-0.05, 0) is 24.3 Å². The van der Waals surface area contributed by atoms with Gasteiger partial charge in [-0.25, -0.2) is 4.79 Å². The van der Waals surface area contributed by atoms with E-state index in [1.165, 1.54) is 16.9 Å². The Morgan fingerprint density at radius 3 is 2.68 bits per heavy atom. The predicted molar refractivity (Wildman–Crippen MR) is 97.0 cm³/mol. The first-order valence-corrected chi connectivity index (χ1v) is 8.74. The number of H-pyrrole nitrogens is 1. The van der Waals surface area contributed by atoms with Gasteiger partial charge >= 0.3 is 11.9 Å². The first-order chi connectivity index (χ1) is 13.4. The van der Waals surface area contributed by atoms with Crippen LogP contribution in [-0.4, -0.2) is 52.5 Å². The topological polar surface area (TPSA) is 66.4 Å². The summed E-state index contributed by atoms with van der Waals surface area (Å²) in [6.07, 6.45) is -1.23. The van der Waals surface area contributed by atoms with Crippen LogP contribution in [-0.2, 0) is 6.18 Å². The van der Waals surface area contributed by atoms with Gasteiger partial charge in [0.25, 0.3) is 0 Å². The van der Waals surface area contributed by atoms with E-state index < -0.39 is 11.7 Å². The van der Waals surface area contributed by atoms with Crippen LogP contribution >= 0.6 is 0 Å². The number of aromatic nitrogens is 3. The number of hydrogen-bond acceptors (Lipinski definition) is 5. The molecule has 0 radical (unpaired) electrons. The van der Waals surface area contributed by atoms with E-state index in [0.717, 1.165) is 6.07 Å². The second-order valence-corrected chi connectivity index (χ2v) is 6.53. The SMILES string of the molecule is O=c1[nH]c2cnccc2n1OCN1CCN(c2cccc(C(F)(F)F)c2)CC1. The summed E-state index contributed by atoms with van der Waals surface area (Å²) in [6.45, 7) is 2.55. The molecule has 148 valence electrons. The number of anilines is 1. The molecule has 1 aromatic carbocycles. The lowest BCUT2D eigenvalue weighted by molar-refractivity contribution is -0.137. The zero-order chi connectivity index (χ0) is 19.7. The van der Waals surface area contributed by atoms with E-state index in [4.69, 9.17) is 4.84 Å². The molecule has 1 N–H and O–H groups in total. The Kier molecular flexibility index (Phi) is 4.71. The number of nitrogens with one attached hydrogen (secondary N) is 1. The highest BCUT2D eigenvalue weighted by Crippen LogP contribution is 2.31. The molecule has 28 heavy (non-hydrogen) atoms. The second kappa shape index (κ2) is 7.19. The van der Waals surface area contributed by atoms with Crippen LogP contribution in [0.4, 0.5) is 18.9 Å².